The molecule has 19 heavy (non-hydrogen) atoms. The van der Waals surface area contributed by atoms with Gasteiger partial charge in [0.05, 0.1) is 16.3 Å². The third kappa shape index (κ3) is 2.23. The Morgan fingerprint density at radius 2 is 2.05 bits per heavy atom. The Bertz CT molecular complexity index is 718. The van der Waals surface area contributed by atoms with Crippen LogP contribution in [0.25, 0.3) is 11.0 Å². The third-order valence-electron chi connectivity index (χ3n) is 2.92. The lowest BCUT2D eigenvalue weighted by Gasteiger charge is -2.06. The van der Waals surface area contributed by atoms with E-state index in [1.807, 2.05) is 32.2 Å². The van der Waals surface area contributed by atoms with Crippen molar-refractivity contribution in [2.45, 2.75) is 24.3 Å². The first-order chi connectivity index (χ1) is 9.15. The Morgan fingerprint density at radius 3 is 2.74 bits per heavy atom. The zero-order valence-electron chi connectivity index (χ0n) is 11.0. The number of aromatic nitrogens is 4. The van der Waals surface area contributed by atoms with E-state index in [9.17, 15) is 0 Å². The van der Waals surface area contributed by atoms with Gasteiger partial charge in [-0.2, -0.15) is 0 Å². The van der Waals surface area contributed by atoms with E-state index in [2.05, 4.69) is 25.8 Å². The number of aryl methyl sites for hydroxylation is 2. The molecule has 0 bridgehead atoms. The number of nitrogens with zero attached hydrogens (tertiary/aromatic N) is 4. The molecule has 0 aliphatic heterocycles. The third-order valence-corrected chi connectivity index (χ3v) is 4.05. The molecule has 2 aromatic heterocycles. The van der Waals surface area contributed by atoms with Crippen LogP contribution in [0.5, 0.6) is 0 Å². The predicted octanol–water partition coefficient (Wildman–Crippen LogP) is 3.12. The van der Waals surface area contributed by atoms with Crippen LogP contribution in [0.2, 0.25) is 0 Å². The van der Waals surface area contributed by atoms with Crippen molar-refractivity contribution < 1.29 is 4.42 Å². The van der Waals surface area contributed by atoms with Crippen molar-refractivity contribution in [3.8, 4) is 0 Å². The van der Waals surface area contributed by atoms with Gasteiger partial charge in [-0.25, -0.2) is 4.98 Å². The highest BCUT2D eigenvalue weighted by molar-refractivity contribution is 7.99. The van der Waals surface area contributed by atoms with E-state index in [-0.39, 0.29) is 5.25 Å². The Morgan fingerprint density at radius 1 is 1.26 bits per heavy atom. The van der Waals surface area contributed by atoms with E-state index in [0.717, 1.165) is 16.2 Å². The first kappa shape index (κ1) is 12.2. The van der Waals surface area contributed by atoms with Crippen LogP contribution in [0, 0.1) is 6.92 Å². The number of imidazole rings is 1. The van der Waals surface area contributed by atoms with Crippen molar-refractivity contribution in [1.29, 1.82) is 0 Å². The number of para-hydroxylation sites is 2. The average Bonchev–Trinajstić information content (AvgIpc) is 2.96. The summed E-state index contributed by atoms with van der Waals surface area (Å²) in [5.41, 5.74) is 2.13. The van der Waals surface area contributed by atoms with Gasteiger partial charge < -0.3 is 8.98 Å². The van der Waals surface area contributed by atoms with Crippen molar-refractivity contribution in [1.82, 2.24) is 19.7 Å². The fourth-order valence-electron chi connectivity index (χ4n) is 1.91. The van der Waals surface area contributed by atoms with Gasteiger partial charge in [0, 0.05) is 14.0 Å². The standard InChI is InChI=1S/C13H14N4OS/c1-8(12-16-15-9(2)18-12)19-13-14-10-6-4-5-7-11(10)17(13)3/h4-8H,1-3H3. The minimum Gasteiger partial charge on any atom is -0.424 e. The van der Waals surface area contributed by atoms with Crippen molar-refractivity contribution >= 4 is 22.8 Å². The number of fused-ring (bicyclic) bond motifs is 1. The SMILES string of the molecule is Cc1nnc(C(C)Sc2nc3ccccc3n2C)o1. The summed E-state index contributed by atoms with van der Waals surface area (Å²) in [5.74, 6) is 1.22. The summed E-state index contributed by atoms with van der Waals surface area (Å²) in [6.45, 7) is 3.83. The van der Waals surface area contributed by atoms with E-state index in [0.29, 0.717) is 11.8 Å². The van der Waals surface area contributed by atoms with E-state index in [1.54, 1.807) is 18.7 Å². The summed E-state index contributed by atoms with van der Waals surface area (Å²) >= 11 is 1.62. The average molecular weight is 274 g/mol. The zero-order chi connectivity index (χ0) is 13.4. The quantitative estimate of drug-likeness (QED) is 0.687. The van der Waals surface area contributed by atoms with E-state index >= 15 is 0 Å². The van der Waals surface area contributed by atoms with E-state index < -0.39 is 0 Å². The minimum absolute atomic E-state index is 0.0803. The van der Waals surface area contributed by atoms with Crippen molar-refractivity contribution in [3.05, 3.63) is 36.0 Å². The van der Waals surface area contributed by atoms with Crippen LogP contribution in [0.1, 0.15) is 24.0 Å². The normalized spacial score (nSPS) is 13.0. The van der Waals surface area contributed by atoms with Crippen molar-refractivity contribution in [3.63, 3.8) is 0 Å². The van der Waals surface area contributed by atoms with Crippen LogP contribution >= 0.6 is 11.8 Å². The molecule has 98 valence electrons. The first-order valence-electron chi connectivity index (χ1n) is 6.03. The molecule has 1 aromatic carbocycles. The molecule has 3 rings (SSSR count). The van der Waals surface area contributed by atoms with Gasteiger partial charge in [0.15, 0.2) is 5.16 Å². The highest BCUT2D eigenvalue weighted by atomic mass is 32.2. The predicted molar refractivity (Wildman–Crippen MR) is 74.0 cm³/mol. The van der Waals surface area contributed by atoms with Gasteiger partial charge in [-0.3, -0.25) is 0 Å². The topological polar surface area (TPSA) is 56.7 Å². The zero-order valence-corrected chi connectivity index (χ0v) is 11.8. The largest absolute Gasteiger partial charge is 0.424 e. The fourth-order valence-corrected chi connectivity index (χ4v) is 2.83. The fraction of sp³-hybridized carbons (Fsp3) is 0.308. The van der Waals surface area contributed by atoms with Crippen LogP contribution in [-0.4, -0.2) is 19.7 Å². The second-order valence-electron chi connectivity index (χ2n) is 4.36. The van der Waals surface area contributed by atoms with Gasteiger partial charge in [-0.1, -0.05) is 23.9 Å². The van der Waals surface area contributed by atoms with Gasteiger partial charge in [0.25, 0.3) is 0 Å². The van der Waals surface area contributed by atoms with E-state index in [4.69, 9.17) is 4.42 Å². The second-order valence-corrected chi connectivity index (χ2v) is 5.67. The number of rotatable bonds is 3. The van der Waals surface area contributed by atoms with Gasteiger partial charge >= 0.3 is 0 Å². The molecular formula is C13H14N4OS. The molecule has 6 heteroatoms. The Balaban J connectivity index is 1.91. The lowest BCUT2D eigenvalue weighted by Crippen LogP contribution is -1.94. The summed E-state index contributed by atoms with van der Waals surface area (Å²) in [4.78, 5) is 4.62. The molecule has 0 aliphatic carbocycles. The van der Waals surface area contributed by atoms with Crippen molar-refractivity contribution in [2.75, 3.05) is 0 Å². The monoisotopic (exact) mass is 274 g/mol. The van der Waals surface area contributed by atoms with E-state index in [1.165, 1.54) is 0 Å². The molecular weight excluding hydrogens is 260 g/mol. The maximum Gasteiger partial charge on any atom is 0.229 e. The van der Waals surface area contributed by atoms with Crippen LogP contribution in [0.3, 0.4) is 0 Å². The minimum atomic E-state index is 0.0803. The van der Waals surface area contributed by atoms with Gasteiger partial charge in [-0.15, -0.1) is 10.2 Å². The molecule has 0 N–H and O–H groups in total. The van der Waals surface area contributed by atoms with Gasteiger partial charge in [0.1, 0.15) is 0 Å². The molecule has 0 fully saturated rings. The molecule has 2 heterocycles. The van der Waals surface area contributed by atoms with Gasteiger partial charge in [-0.05, 0) is 19.1 Å². The van der Waals surface area contributed by atoms with Gasteiger partial charge in [0.2, 0.25) is 11.8 Å². The van der Waals surface area contributed by atoms with Crippen LogP contribution < -0.4 is 0 Å². The maximum atomic E-state index is 5.45. The number of benzene rings is 1. The van der Waals surface area contributed by atoms with Crippen LogP contribution in [-0.2, 0) is 7.05 Å². The molecule has 0 saturated carbocycles. The molecule has 1 atom stereocenters. The highest BCUT2D eigenvalue weighted by Crippen LogP contribution is 2.34. The molecule has 1 unspecified atom stereocenters. The maximum absolute atomic E-state index is 5.45. The number of hydrogen-bond donors (Lipinski definition) is 0. The van der Waals surface area contributed by atoms with Crippen LogP contribution in [0.15, 0.2) is 33.8 Å². The summed E-state index contributed by atoms with van der Waals surface area (Å²) < 4.78 is 7.53. The van der Waals surface area contributed by atoms with Crippen molar-refractivity contribution in [2.24, 2.45) is 7.05 Å². The summed E-state index contributed by atoms with van der Waals surface area (Å²) in [6.07, 6.45) is 0. The van der Waals surface area contributed by atoms with Crippen LogP contribution in [0.4, 0.5) is 0 Å². The Kier molecular flexibility index (Phi) is 3.02. The smallest absolute Gasteiger partial charge is 0.229 e. The second kappa shape index (κ2) is 4.70. The molecule has 5 nitrogen and oxygen atoms in total. The molecule has 0 saturated heterocycles. The highest BCUT2D eigenvalue weighted by Gasteiger charge is 2.17. The summed E-state index contributed by atoms with van der Waals surface area (Å²) in [5, 5.41) is 8.94. The summed E-state index contributed by atoms with van der Waals surface area (Å²) in [6, 6.07) is 8.09. The molecule has 0 amide bonds. The molecule has 0 aliphatic rings. The Labute approximate surface area is 115 Å². The molecule has 0 spiro atoms. The number of thioether (sulfide) groups is 1. The molecule has 3 aromatic rings. The summed E-state index contributed by atoms with van der Waals surface area (Å²) in [7, 11) is 2.02. The number of hydrogen-bond acceptors (Lipinski definition) is 5. The lowest BCUT2D eigenvalue weighted by molar-refractivity contribution is 0.470. The lowest BCUT2D eigenvalue weighted by atomic mass is 10.3. The molecule has 0 radical (unpaired) electrons. The Hall–Kier alpha value is -1.82. The first-order valence-corrected chi connectivity index (χ1v) is 6.91.